The molecule has 0 aromatic carbocycles. The van der Waals surface area contributed by atoms with Crippen molar-refractivity contribution in [1.29, 1.82) is 0 Å². The molecule has 0 aromatic rings. The Morgan fingerprint density at radius 2 is 2.00 bits per heavy atom. The van der Waals surface area contributed by atoms with Gasteiger partial charge < -0.3 is 15.3 Å². The van der Waals surface area contributed by atoms with E-state index in [0.29, 0.717) is 24.2 Å². The number of carboxylic acids is 1. The molecule has 3 unspecified atom stereocenters. The molecular weight excluding hydrogens is 364 g/mol. The molecule has 0 bridgehead atoms. The molecule has 0 spiro atoms. The maximum Gasteiger partial charge on any atom is 0.303 e. The zero-order valence-corrected chi connectivity index (χ0v) is 18.4. The van der Waals surface area contributed by atoms with Crippen molar-refractivity contribution in [3.05, 3.63) is 35.5 Å². The van der Waals surface area contributed by atoms with Crippen LogP contribution in [-0.2, 0) is 4.79 Å². The molecule has 0 heterocycles. The number of hydrogen-bond acceptors (Lipinski definition) is 3. The van der Waals surface area contributed by atoms with Crippen molar-refractivity contribution in [3.63, 3.8) is 0 Å². The van der Waals surface area contributed by atoms with Gasteiger partial charge in [-0.3, -0.25) is 4.79 Å². The van der Waals surface area contributed by atoms with Gasteiger partial charge in [0, 0.05) is 12.3 Å². The second-order valence-corrected chi connectivity index (χ2v) is 9.51. The molecule has 29 heavy (non-hydrogen) atoms. The van der Waals surface area contributed by atoms with Gasteiger partial charge in [0.1, 0.15) is 0 Å². The fourth-order valence-electron chi connectivity index (χ4n) is 5.02. The van der Waals surface area contributed by atoms with Crippen LogP contribution >= 0.6 is 0 Å². The number of carbonyl (C=O) groups is 1. The van der Waals surface area contributed by atoms with E-state index in [0.717, 1.165) is 44.9 Å². The van der Waals surface area contributed by atoms with Crippen LogP contribution in [0.1, 0.15) is 78.6 Å². The summed E-state index contributed by atoms with van der Waals surface area (Å²) >= 11 is 0. The first-order valence-corrected chi connectivity index (χ1v) is 11.3. The Kier molecular flexibility index (Phi) is 9.64. The molecule has 3 N–H and O–H groups in total. The molecule has 0 aromatic heterocycles. The second kappa shape index (κ2) is 11.7. The molecule has 2 fully saturated rings. The third-order valence-corrected chi connectivity index (χ3v) is 6.55. The lowest BCUT2D eigenvalue weighted by Gasteiger charge is -2.18. The van der Waals surface area contributed by atoms with Crippen LogP contribution in [0, 0.1) is 23.7 Å². The van der Waals surface area contributed by atoms with E-state index in [-0.39, 0.29) is 18.4 Å². The lowest BCUT2D eigenvalue weighted by atomic mass is 9.89. The number of unbranched alkanes of at least 4 members (excludes halogenated alkanes) is 1. The first-order chi connectivity index (χ1) is 13.8. The monoisotopic (exact) mass is 404 g/mol. The van der Waals surface area contributed by atoms with Crippen LogP contribution in [0.5, 0.6) is 0 Å². The highest BCUT2D eigenvalue weighted by atomic mass is 16.4. The maximum atomic E-state index is 10.6. The molecule has 4 nitrogen and oxygen atoms in total. The molecule has 2 aliphatic rings. The zero-order chi connectivity index (χ0) is 21.4. The van der Waals surface area contributed by atoms with Crippen molar-refractivity contribution in [2.75, 3.05) is 0 Å². The predicted molar refractivity (Wildman–Crippen MR) is 117 cm³/mol. The number of fused-ring (bicyclic) bond motifs is 1. The summed E-state index contributed by atoms with van der Waals surface area (Å²) in [6.45, 7) is 6.42. The predicted octanol–water partition coefficient (Wildman–Crippen LogP) is 5.26. The minimum Gasteiger partial charge on any atom is -0.481 e. The second-order valence-electron chi connectivity index (χ2n) is 9.51. The van der Waals surface area contributed by atoms with Gasteiger partial charge in [0.15, 0.2) is 0 Å². The number of aliphatic carboxylic acids is 1. The summed E-state index contributed by atoms with van der Waals surface area (Å²) < 4.78 is 0. The number of carboxylic acid groups (broad SMARTS) is 1. The molecule has 0 saturated heterocycles. The van der Waals surface area contributed by atoms with E-state index in [4.69, 9.17) is 5.11 Å². The topological polar surface area (TPSA) is 77.8 Å². The van der Waals surface area contributed by atoms with E-state index in [1.165, 1.54) is 11.1 Å². The Morgan fingerprint density at radius 1 is 1.24 bits per heavy atom. The number of rotatable bonds is 11. The Labute approximate surface area is 176 Å². The average molecular weight is 405 g/mol. The number of hydrogen-bond donors (Lipinski definition) is 3. The van der Waals surface area contributed by atoms with Gasteiger partial charge in [-0.15, -0.1) is 0 Å². The van der Waals surface area contributed by atoms with Gasteiger partial charge in [-0.25, -0.2) is 0 Å². The van der Waals surface area contributed by atoms with E-state index >= 15 is 0 Å². The van der Waals surface area contributed by atoms with Crippen molar-refractivity contribution in [2.24, 2.45) is 23.7 Å². The molecular formula is C25H40O4. The SMILES string of the molecule is CC(C)=CCCC(C)CC(O)/C=C/C1[C@H](O)C[C@@H]2C/C(=C/CCCC(=O)O)C[C@H]12. The fourth-order valence-corrected chi connectivity index (χ4v) is 5.02. The third-order valence-electron chi connectivity index (χ3n) is 6.55. The first-order valence-electron chi connectivity index (χ1n) is 11.3. The molecule has 2 saturated carbocycles. The number of aliphatic hydroxyl groups excluding tert-OH is 2. The molecule has 6 atom stereocenters. The molecule has 2 aliphatic carbocycles. The zero-order valence-electron chi connectivity index (χ0n) is 18.4. The number of aliphatic hydroxyl groups is 2. The standard InChI is InChI=1S/C25H40O4/c1-17(2)7-6-8-18(3)13-21(26)11-12-22-23-15-19(9-4-5-10-25(28)29)14-20(23)16-24(22)27/h7,9,11-12,18,20-24,26-27H,4-6,8,10,13-16H2,1-3H3,(H,28,29)/b12-11+,19-9-/t18?,20-,21?,22?,23-,24+/m0/s1. The Hall–Kier alpha value is -1.39. The quantitative estimate of drug-likeness (QED) is 0.324. The summed E-state index contributed by atoms with van der Waals surface area (Å²) in [6.07, 6.45) is 15.2. The van der Waals surface area contributed by atoms with Gasteiger partial charge in [0.05, 0.1) is 12.2 Å². The third kappa shape index (κ3) is 8.10. The van der Waals surface area contributed by atoms with Crippen molar-refractivity contribution >= 4 is 5.97 Å². The molecule has 0 radical (unpaired) electrons. The Morgan fingerprint density at radius 3 is 2.69 bits per heavy atom. The first kappa shape index (κ1) is 23.9. The minimum absolute atomic E-state index is 0.126. The largest absolute Gasteiger partial charge is 0.481 e. The Bertz CT molecular complexity index is 614. The van der Waals surface area contributed by atoms with Gasteiger partial charge >= 0.3 is 5.97 Å². The van der Waals surface area contributed by atoms with Gasteiger partial charge in [-0.05, 0) is 83.0 Å². The van der Waals surface area contributed by atoms with Crippen LogP contribution in [0.15, 0.2) is 35.5 Å². The van der Waals surface area contributed by atoms with Crippen LogP contribution in [0.2, 0.25) is 0 Å². The van der Waals surface area contributed by atoms with Gasteiger partial charge in [0.25, 0.3) is 0 Å². The normalized spacial score (nSPS) is 29.9. The van der Waals surface area contributed by atoms with E-state index in [1.807, 2.05) is 6.08 Å². The lowest BCUT2D eigenvalue weighted by Crippen LogP contribution is -2.18. The molecule has 2 rings (SSSR count). The summed E-state index contributed by atoms with van der Waals surface area (Å²) in [7, 11) is 0. The van der Waals surface area contributed by atoms with Crippen LogP contribution in [-0.4, -0.2) is 33.5 Å². The highest BCUT2D eigenvalue weighted by Gasteiger charge is 2.44. The molecule has 0 aliphatic heterocycles. The van der Waals surface area contributed by atoms with Crippen LogP contribution in [0.3, 0.4) is 0 Å². The summed E-state index contributed by atoms with van der Waals surface area (Å²) in [6, 6.07) is 0. The van der Waals surface area contributed by atoms with Crippen molar-refractivity contribution in [3.8, 4) is 0 Å². The molecule has 164 valence electrons. The summed E-state index contributed by atoms with van der Waals surface area (Å²) in [5.74, 6) is 0.837. The molecule has 4 heteroatoms. The van der Waals surface area contributed by atoms with Crippen molar-refractivity contribution in [2.45, 2.75) is 90.8 Å². The Balaban J connectivity index is 1.81. The van der Waals surface area contributed by atoms with Gasteiger partial charge in [-0.1, -0.05) is 42.4 Å². The van der Waals surface area contributed by atoms with Crippen LogP contribution in [0.25, 0.3) is 0 Å². The molecule has 0 amide bonds. The lowest BCUT2D eigenvalue weighted by molar-refractivity contribution is -0.137. The summed E-state index contributed by atoms with van der Waals surface area (Å²) in [5, 5.41) is 29.7. The fraction of sp³-hybridized carbons (Fsp3) is 0.720. The average Bonchev–Trinajstić information content (AvgIpc) is 3.13. The summed E-state index contributed by atoms with van der Waals surface area (Å²) in [4.78, 5) is 10.6. The highest BCUT2D eigenvalue weighted by molar-refractivity contribution is 5.66. The van der Waals surface area contributed by atoms with E-state index in [1.54, 1.807) is 0 Å². The summed E-state index contributed by atoms with van der Waals surface area (Å²) in [5.41, 5.74) is 2.76. The van der Waals surface area contributed by atoms with E-state index in [2.05, 4.69) is 39.0 Å². The van der Waals surface area contributed by atoms with Crippen molar-refractivity contribution < 1.29 is 20.1 Å². The smallest absolute Gasteiger partial charge is 0.303 e. The maximum absolute atomic E-state index is 10.6. The van der Waals surface area contributed by atoms with E-state index in [9.17, 15) is 15.0 Å². The van der Waals surface area contributed by atoms with Crippen molar-refractivity contribution in [1.82, 2.24) is 0 Å². The van der Waals surface area contributed by atoms with Gasteiger partial charge in [0.2, 0.25) is 0 Å². The van der Waals surface area contributed by atoms with E-state index < -0.39 is 12.1 Å². The number of allylic oxidation sites excluding steroid dienone is 4. The highest BCUT2D eigenvalue weighted by Crippen LogP contribution is 2.50. The van der Waals surface area contributed by atoms with Crippen LogP contribution < -0.4 is 0 Å². The van der Waals surface area contributed by atoms with Gasteiger partial charge in [-0.2, -0.15) is 0 Å². The van der Waals surface area contributed by atoms with Crippen LogP contribution in [0.4, 0.5) is 0 Å². The minimum atomic E-state index is -0.732.